The molecule has 6 nitrogen and oxygen atoms in total. The highest BCUT2D eigenvalue weighted by Gasteiger charge is 2.11. The van der Waals surface area contributed by atoms with Gasteiger partial charge in [0.15, 0.2) is 0 Å². The van der Waals surface area contributed by atoms with E-state index in [0.717, 1.165) is 0 Å². The Morgan fingerprint density at radius 1 is 1.39 bits per heavy atom. The van der Waals surface area contributed by atoms with Gasteiger partial charge in [-0.25, -0.2) is 4.79 Å². The normalized spacial score (nSPS) is 10.1. The first-order chi connectivity index (χ1) is 8.45. The Hall–Kier alpha value is -2.24. The van der Waals surface area contributed by atoms with Crippen LogP contribution in [0.5, 0.6) is 0 Å². The van der Waals surface area contributed by atoms with Gasteiger partial charge >= 0.3 is 5.97 Å². The predicted octanol–water partition coefficient (Wildman–Crippen LogP) is 0.669. The molecule has 1 aromatic rings. The van der Waals surface area contributed by atoms with Crippen LogP contribution in [0.15, 0.2) is 18.2 Å². The van der Waals surface area contributed by atoms with Crippen LogP contribution >= 0.6 is 0 Å². The molecule has 1 aromatic carbocycles. The minimum atomic E-state index is -1.02. The summed E-state index contributed by atoms with van der Waals surface area (Å²) in [7, 11) is 0. The fourth-order valence-electron chi connectivity index (χ4n) is 1.67. The highest BCUT2D eigenvalue weighted by molar-refractivity contribution is 5.90. The summed E-state index contributed by atoms with van der Waals surface area (Å²) < 4.78 is 0. The van der Waals surface area contributed by atoms with E-state index in [0.29, 0.717) is 24.5 Å². The van der Waals surface area contributed by atoms with Crippen LogP contribution in [0, 0.1) is 0 Å². The van der Waals surface area contributed by atoms with Gasteiger partial charge in [-0.3, -0.25) is 4.79 Å². The van der Waals surface area contributed by atoms with Gasteiger partial charge in [0.2, 0.25) is 5.91 Å². The van der Waals surface area contributed by atoms with Gasteiger partial charge < -0.3 is 21.5 Å². The summed E-state index contributed by atoms with van der Waals surface area (Å²) in [6.45, 7) is 3.04. The summed E-state index contributed by atoms with van der Waals surface area (Å²) in [4.78, 5) is 23.4. The predicted molar refractivity (Wildman–Crippen MR) is 69.5 cm³/mol. The zero-order valence-electron chi connectivity index (χ0n) is 10.2. The van der Waals surface area contributed by atoms with Crippen molar-refractivity contribution in [2.75, 3.05) is 23.7 Å². The van der Waals surface area contributed by atoms with Gasteiger partial charge in [-0.2, -0.15) is 0 Å². The van der Waals surface area contributed by atoms with Gasteiger partial charge in [-0.15, -0.1) is 0 Å². The molecule has 0 spiro atoms. The molecule has 0 radical (unpaired) electrons. The van der Waals surface area contributed by atoms with Crippen molar-refractivity contribution in [3.05, 3.63) is 23.8 Å². The Morgan fingerprint density at radius 2 is 2.06 bits per heavy atom. The number of carbonyl (C=O) groups excluding carboxylic acids is 1. The summed E-state index contributed by atoms with van der Waals surface area (Å²) in [6.07, 6.45) is 0.230. The van der Waals surface area contributed by atoms with Crippen LogP contribution in [0.2, 0.25) is 0 Å². The molecule has 0 saturated carbocycles. The Bertz CT molecular complexity index is 460. The molecule has 0 atom stereocenters. The Kier molecular flexibility index (Phi) is 4.53. The Balaban J connectivity index is 2.92. The van der Waals surface area contributed by atoms with Gasteiger partial charge in [-0.05, 0) is 25.1 Å². The van der Waals surface area contributed by atoms with Crippen molar-refractivity contribution in [2.45, 2.75) is 13.3 Å². The van der Waals surface area contributed by atoms with E-state index in [2.05, 4.69) is 0 Å². The number of carboxylic acid groups (broad SMARTS) is 1. The van der Waals surface area contributed by atoms with Gasteiger partial charge in [0, 0.05) is 19.5 Å². The van der Waals surface area contributed by atoms with Gasteiger partial charge in [0.1, 0.15) is 0 Å². The van der Waals surface area contributed by atoms with Gasteiger partial charge in [0.25, 0.3) is 0 Å². The smallest absolute Gasteiger partial charge is 0.335 e. The molecule has 1 rings (SSSR count). The molecule has 1 amide bonds. The zero-order valence-corrected chi connectivity index (χ0v) is 10.2. The molecule has 0 aromatic heterocycles. The second-order valence-electron chi connectivity index (χ2n) is 3.87. The first kappa shape index (κ1) is 13.8. The highest BCUT2D eigenvalue weighted by atomic mass is 16.4. The number of amides is 1. The SMILES string of the molecule is CCN(CCC(N)=O)c1ccc(C(=O)O)cc1N. The lowest BCUT2D eigenvalue weighted by molar-refractivity contribution is -0.117. The fourth-order valence-corrected chi connectivity index (χ4v) is 1.67. The molecule has 0 aliphatic carbocycles. The molecule has 0 unspecified atom stereocenters. The topological polar surface area (TPSA) is 110 Å². The number of anilines is 2. The molecule has 18 heavy (non-hydrogen) atoms. The molecule has 0 bridgehead atoms. The summed E-state index contributed by atoms with van der Waals surface area (Å²) in [5, 5.41) is 8.84. The van der Waals surface area contributed by atoms with Gasteiger partial charge in [0.05, 0.1) is 16.9 Å². The van der Waals surface area contributed by atoms with Crippen LogP contribution in [-0.2, 0) is 4.79 Å². The molecule has 0 heterocycles. The van der Waals surface area contributed by atoms with Crippen LogP contribution in [0.25, 0.3) is 0 Å². The Labute approximate surface area is 105 Å². The molecule has 0 fully saturated rings. The maximum atomic E-state index is 10.8. The quantitative estimate of drug-likeness (QED) is 0.644. The van der Waals surface area contributed by atoms with E-state index in [-0.39, 0.29) is 17.9 Å². The molecular formula is C12H17N3O3. The van der Waals surface area contributed by atoms with Crippen molar-refractivity contribution in [1.29, 1.82) is 0 Å². The third kappa shape index (κ3) is 3.38. The van der Waals surface area contributed by atoms with Crippen molar-refractivity contribution in [3.8, 4) is 0 Å². The number of benzene rings is 1. The van der Waals surface area contributed by atoms with Gasteiger partial charge in [-0.1, -0.05) is 0 Å². The maximum absolute atomic E-state index is 10.8. The van der Waals surface area contributed by atoms with Crippen LogP contribution in [-0.4, -0.2) is 30.1 Å². The molecule has 5 N–H and O–H groups in total. The maximum Gasteiger partial charge on any atom is 0.335 e. The molecule has 0 saturated heterocycles. The molecule has 98 valence electrons. The summed E-state index contributed by atoms with van der Waals surface area (Å²) in [5.74, 6) is -1.40. The number of hydrogen-bond donors (Lipinski definition) is 3. The van der Waals surface area contributed by atoms with E-state index in [4.69, 9.17) is 16.6 Å². The number of primary amides is 1. The first-order valence-corrected chi connectivity index (χ1v) is 5.61. The molecule has 6 heteroatoms. The van der Waals surface area contributed by atoms with E-state index in [1.54, 1.807) is 6.07 Å². The summed E-state index contributed by atoms with van der Waals surface area (Å²) in [6, 6.07) is 4.54. The number of nitrogens with zero attached hydrogens (tertiary/aromatic N) is 1. The summed E-state index contributed by atoms with van der Waals surface area (Å²) in [5.41, 5.74) is 12.2. The van der Waals surface area contributed by atoms with E-state index in [9.17, 15) is 9.59 Å². The number of hydrogen-bond acceptors (Lipinski definition) is 4. The van der Waals surface area contributed by atoms with Crippen molar-refractivity contribution in [2.24, 2.45) is 5.73 Å². The highest BCUT2D eigenvalue weighted by Crippen LogP contribution is 2.24. The average molecular weight is 251 g/mol. The second-order valence-corrected chi connectivity index (χ2v) is 3.87. The number of carboxylic acids is 1. The fraction of sp³-hybridized carbons (Fsp3) is 0.333. The standard InChI is InChI=1S/C12H17N3O3/c1-2-15(6-5-11(14)16)10-4-3-8(12(17)18)7-9(10)13/h3-4,7H,2,5-6,13H2,1H3,(H2,14,16)(H,17,18). The monoisotopic (exact) mass is 251 g/mol. The molecule has 0 aliphatic heterocycles. The van der Waals surface area contributed by atoms with E-state index in [1.807, 2.05) is 11.8 Å². The van der Waals surface area contributed by atoms with E-state index < -0.39 is 5.97 Å². The number of rotatable bonds is 6. The molecule has 0 aliphatic rings. The second kappa shape index (κ2) is 5.90. The minimum absolute atomic E-state index is 0.141. The number of aromatic carboxylic acids is 1. The lowest BCUT2D eigenvalue weighted by Crippen LogP contribution is -2.28. The Morgan fingerprint density at radius 3 is 2.50 bits per heavy atom. The number of carbonyl (C=O) groups is 2. The van der Waals surface area contributed by atoms with Crippen molar-refractivity contribution in [1.82, 2.24) is 0 Å². The van der Waals surface area contributed by atoms with Crippen molar-refractivity contribution >= 4 is 23.3 Å². The van der Waals surface area contributed by atoms with Crippen molar-refractivity contribution in [3.63, 3.8) is 0 Å². The minimum Gasteiger partial charge on any atom is -0.478 e. The number of nitrogen functional groups attached to an aromatic ring is 1. The third-order valence-corrected chi connectivity index (χ3v) is 2.63. The number of nitrogens with two attached hydrogens (primary N) is 2. The van der Waals surface area contributed by atoms with Crippen LogP contribution in [0.1, 0.15) is 23.7 Å². The lowest BCUT2D eigenvalue weighted by atomic mass is 10.1. The van der Waals surface area contributed by atoms with E-state index >= 15 is 0 Å². The van der Waals surface area contributed by atoms with Crippen LogP contribution in [0.3, 0.4) is 0 Å². The van der Waals surface area contributed by atoms with Crippen LogP contribution in [0.4, 0.5) is 11.4 Å². The van der Waals surface area contributed by atoms with Crippen LogP contribution < -0.4 is 16.4 Å². The average Bonchev–Trinajstić information content (AvgIpc) is 2.30. The first-order valence-electron chi connectivity index (χ1n) is 5.61. The van der Waals surface area contributed by atoms with E-state index in [1.165, 1.54) is 12.1 Å². The molecular weight excluding hydrogens is 234 g/mol. The third-order valence-electron chi connectivity index (χ3n) is 2.63. The lowest BCUT2D eigenvalue weighted by Gasteiger charge is -2.24. The largest absolute Gasteiger partial charge is 0.478 e. The summed E-state index contributed by atoms with van der Waals surface area (Å²) >= 11 is 0. The van der Waals surface area contributed by atoms with Crippen molar-refractivity contribution < 1.29 is 14.7 Å². The zero-order chi connectivity index (χ0) is 13.7.